The van der Waals surface area contributed by atoms with E-state index in [0.717, 1.165) is 39.7 Å². The van der Waals surface area contributed by atoms with Crippen molar-refractivity contribution in [3.8, 4) is 22.1 Å². The first kappa shape index (κ1) is 20.4. The van der Waals surface area contributed by atoms with E-state index in [-0.39, 0.29) is 24.3 Å². The van der Waals surface area contributed by atoms with Gasteiger partial charge in [0.2, 0.25) is 5.91 Å². The van der Waals surface area contributed by atoms with Crippen LogP contribution >= 0.6 is 11.3 Å². The minimum absolute atomic E-state index is 0.0364. The van der Waals surface area contributed by atoms with Crippen LogP contribution in [-0.2, 0) is 11.2 Å². The van der Waals surface area contributed by atoms with Gasteiger partial charge in [0.15, 0.2) is 11.5 Å². The van der Waals surface area contributed by atoms with E-state index in [2.05, 4.69) is 24.1 Å². The quantitative estimate of drug-likeness (QED) is 0.605. The molecule has 1 unspecified atom stereocenters. The molecule has 0 radical (unpaired) electrons. The van der Waals surface area contributed by atoms with Crippen LogP contribution < -0.4 is 14.8 Å². The second-order valence-corrected chi connectivity index (χ2v) is 8.59. The smallest absolute Gasteiger partial charge is 0.226 e. The molecule has 0 fully saturated rings. The number of aromatic nitrogens is 1. The summed E-state index contributed by atoms with van der Waals surface area (Å²) in [7, 11) is 0. The highest BCUT2D eigenvalue weighted by Crippen LogP contribution is 2.34. The summed E-state index contributed by atoms with van der Waals surface area (Å²) in [6, 6.07) is 15.8. The van der Waals surface area contributed by atoms with Gasteiger partial charge in [-0.2, -0.15) is 0 Å². The van der Waals surface area contributed by atoms with Crippen LogP contribution in [0.3, 0.4) is 0 Å². The summed E-state index contributed by atoms with van der Waals surface area (Å²) in [6.45, 7) is 5.51. The van der Waals surface area contributed by atoms with Crippen LogP contribution in [0.15, 0.2) is 53.9 Å². The number of nitrogens with one attached hydrogen (secondary N) is 1. The Hall–Kier alpha value is -2.86. The predicted octanol–water partition coefficient (Wildman–Crippen LogP) is 5.03. The zero-order valence-electron chi connectivity index (χ0n) is 17.3. The fourth-order valence-corrected chi connectivity index (χ4v) is 4.32. The van der Waals surface area contributed by atoms with Gasteiger partial charge in [0.05, 0.1) is 31.4 Å². The van der Waals surface area contributed by atoms with Crippen molar-refractivity contribution in [1.29, 1.82) is 0 Å². The van der Waals surface area contributed by atoms with Crippen molar-refractivity contribution in [3.63, 3.8) is 0 Å². The Morgan fingerprint density at radius 2 is 1.87 bits per heavy atom. The molecular formula is C24H26N2O3S. The number of carbonyl (C=O) groups excluding carboxylic acids is 1. The number of nitrogens with zero attached hydrogens (tertiary/aromatic N) is 1. The van der Waals surface area contributed by atoms with E-state index in [0.29, 0.717) is 13.2 Å². The van der Waals surface area contributed by atoms with E-state index < -0.39 is 0 Å². The standard InChI is InChI=1S/C24H26N2O3S/c1-16(2)23(18-9-10-20-21(13-18)29-12-6-11-28-20)26-22(27)14-19-15-30-24(25-19)17-7-4-3-5-8-17/h3-5,7-10,13,15-16,23H,6,11-12,14H2,1-2H3,(H,26,27). The highest BCUT2D eigenvalue weighted by molar-refractivity contribution is 7.13. The fraction of sp³-hybridized carbons (Fsp3) is 0.333. The lowest BCUT2D eigenvalue weighted by atomic mass is 9.95. The summed E-state index contributed by atoms with van der Waals surface area (Å²) < 4.78 is 11.5. The molecule has 0 saturated carbocycles. The SMILES string of the molecule is CC(C)C(NC(=O)Cc1csc(-c2ccccc2)n1)c1ccc2c(c1)OCCCO2. The largest absolute Gasteiger partial charge is 0.490 e. The molecule has 5 nitrogen and oxygen atoms in total. The molecule has 1 atom stereocenters. The van der Waals surface area contributed by atoms with Crippen LogP contribution in [0.1, 0.15) is 37.6 Å². The second kappa shape index (κ2) is 9.30. The predicted molar refractivity (Wildman–Crippen MR) is 119 cm³/mol. The van der Waals surface area contributed by atoms with Crippen LogP contribution in [0.5, 0.6) is 11.5 Å². The molecule has 30 heavy (non-hydrogen) atoms. The second-order valence-electron chi connectivity index (χ2n) is 7.73. The first-order valence-corrected chi connectivity index (χ1v) is 11.2. The van der Waals surface area contributed by atoms with Crippen LogP contribution in [0, 0.1) is 5.92 Å². The third-order valence-electron chi connectivity index (χ3n) is 5.03. The highest BCUT2D eigenvalue weighted by atomic mass is 32.1. The molecule has 0 aliphatic carbocycles. The maximum Gasteiger partial charge on any atom is 0.226 e. The molecule has 3 aromatic rings. The van der Waals surface area contributed by atoms with Gasteiger partial charge in [-0.1, -0.05) is 50.2 Å². The van der Waals surface area contributed by atoms with Crippen LogP contribution in [0.2, 0.25) is 0 Å². The van der Waals surface area contributed by atoms with Crippen molar-refractivity contribution in [2.45, 2.75) is 32.7 Å². The van der Waals surface area contributed by atoms with Gasteiger partial charge in [-0.05, 0) is 23.6 Å². The van der Waals surface area contributed by atoms with Gasteiger partial charge >= 0.3 is 0 Å². The monoisotopic (exact) mass is 422 g/mol. The maximum atomic E-state index is 12.8. The Morgan fingerprint density at radius 1 is 1.10 bits per heavy atom. The molecule has 1 aliphatic rings. The lowest BCUT2D eigenvalue weighted by Crippen LogP contribution is -2.33. The summed E-state index contributed by atoms with van der Waals surface area (Å²) >= 11 is 1.56. The summed E-state index contributed by atoms with van der Waals surface area (Å²) in [6.07, 6.45) is 1.13. The molecule has 1 aromatic heterocycles. The summed E-state index contributed by atoms with van der Waals surface area (Å²) in [5.41, 5.74) is 2.88. The number of thiazole rings is 1. The highest BCUT2D eigenvalue weighted by Gasteiger charge is 2.21. The molecule has 1 amide bonds. The van der Waals surface area contributed by atoms with Crippen LogP contribution in [-0.4, -0.2) is 24.1 Å². The van der Waals surface area contributed by atoms with Crippen molar-refractivity contribution in [2.24, 2.45) is 5.92 Å². The van der Waals surface area contributed by atoms with Crippen molar-refractivity contribution < 1.29 is 14.3 Å². The molecule has 1 N–H and O–H groups in total. The van der Waals surface area contributed by atoms with E-state index in [4.69, 9.17) is 9.47 Å². The molecule has 0 spiro atoms. The number of ether oxygens (including phenoxy) is 2. The van der Waals surface area contributed by atoms with Gasteiger partial charge in [0.1, 0.15) is 5.01 Å². The maximum absolute atomic E-state index is 12.8. The third-order valence-corrected chi connectivity index (χ3v) is 5.97. The van der Waals surface area contributed by atoms with Gasteiger partial charge in [-0.25, -0.2) is 4.98 Å². The molecule has 0 saturated heterocycles. The Bertz CT molecular complexity index is 1000. The average Bonchev–Trinajstić information content (AvgIpc) is 3.08. The van der Waals surface area contributed by atoms with Gasteiger partial charge in [-0.15, -0.1) is 11.3 Å². The summed E-state index contributed by atoms with van der Waals surface area (Å²) in [5.74, 6) is 1.71. The molecule has 156 valence electrons. The zero-order chi connectivity index (χ0) is 20.9. The van der Waals surface area contributed by atoms with Gasteiger partial charge in [0, 0.05) is 17.4 Å². The molecule has 1 aliphatic heterocycles. The van der Waals surface area contributed by atoms with Crippen LogP contribution in [0.25, 0.3) is 10.6 Å². The van der Waals surface area contributed by atoms with E-state index in [1.807, 2.05) is 53.9 Å². The zero-order valence-corrected chi connectivity index (χ0v) is 18.1. The molecule has 0 bridgehead atoms. The van der Waals surface area contributed by atoms with E-state index in [9.17, 15) is 4.79 Å². The Kier molecular flexibility index (Phi) is 6.33. The number of hydrogen-bond donors (Lipinski definition) is 1. The van der Waals surface area contributed by atoms with Crippen molar-refractivity contribution in [1.82, 2.24) is 10.3 Å². The third kappa shape index (κ3) is 4.82. The number of rotatable bonds is 6. The van der Waals surface area contributed by atoms with E-state index in [1.165, 1.54) is 0 Å². The Morgan fingerprint density at radius 3 is 2.63 bits per heavy atom. The molecule has 2 aromatic carbocycles. The first-order valence-electron chi connectivity index (χ1n) is 10.3. The summed E-state index contributed by atoms with van der Waals surface area (Å²) in [4.78, 5) is 17.4. The van der Waals surface area contributed by atoms with E-state index in [1.54, 1.807) is 11.3 Å². The van der Waals surface area contributed by atoms with Crippen molar-refractivity contribution >= 4 is 17.2 Å². The molecule has 4 rings (SSSR count). The molecule has 6 heteroatoms. The fourth-order valence-electron chi connectivity index (χ4n) is 3.50. The minimum atomic E-state index is -0.109. The van der Waals surface area contributed by atoms with E-state index >= 15 is 0 Å². The number of fused-ring (bicyclic) bond motifs is 1. The lowest BCUT2D eigenvalue weighted by Gasteiger charge is -2.23. The first-order chi connectivity index (χ1) is 14.6. The summed E-state index contributed by atoms with van der Waals surface area (Å²) in [5, 5.41) is 6.07. The molecular weight excluding hydrogens is 396 g/mol. The average molecular weight is 423 g/mol. The van der Waals surface area contributed by atoms with Gasteiger partial charge in [-0.3, -0.25) is 4.79 Å². The Labute approximate surface area is 181 Å². The van der Waals surface area contributed by atoms with Gasteiger partial charge < -0.3 is 14.8 Å². The number of amides is 1. The van der Waals surface area contributed by atoms with Gasteiger partial charge in [0.25, 0.3) is 0 Å². The number of carbonyl (C=O) groups is 1. The lowest BCUT2D eigenvalue weighted by molar-refractivity contribution is -0.121. The topological polar surface area (TPSA) is 60.5 Å². The van der Waals surface area contributed by atoms with Crippen molar-refractivity contribution in [3.05, 3.63) is 65.2 Å². The number of benzene rings is 2. The minimum Gasteiger partial charge on any atom is -0.490 e. The molecule has 2 heterocycles. The van der Waals surface area contributed by atoms with Crippen LogP contribution in [0.4, 0.5) is 0 Å². The van der Waals surface area contributed by atoms with Crippen molar-refractivity contribution in [2.75, 3.05) is 13.2 Å². The Balaban J connectivity index is 1.45. The number of hydrogen-bond acceptors (Lipinski definition) is 5. The normalized spacial score (nSPS) is 14.2.